The van der Waals surface area contributed by atoms with Crippen molar-refractivity contribution < 1.29 is 19.1 Å². The summed E-state index contributed by atoms with van der Waals surface area (Å²) < 4.78 is 4.73. The smallest absolute Gasteiger partial charge is 0.220 e. The van der Waals surface area contributed by atoms with E-state index in [0.717, 1.165) is 32.1 Å². The Morgan fingerprint density at radius 2 is 1.52 bits per heavy atom. The number of methoxy groups -OCH3 is 1. The lowest BCUT2D eigenvalue weighted by atomic mass is 10.1. The molecule has 0 aliphatic carbocycles. The number of carbonyl (C=O) groups excluding carboxylic acids is 3. The number of rotatable bonds is 14. The molecule has 0 unspecified atom stereocenters. The van der Waals surface area contributed by atoms with E-state index in [2.05, 4.69) is 5.32 Å². The summed E-state index contributed by atoms with van der Waals surface area (Å²) in [5.74, 6) is 0.305. The summed E-state index contributed by atoms with van der Waals surface area (Å²) in [7, 11) is 1.49. The number of hydrogen-bond acceptors (Lipinski definition) is 4. The van der Waals surface area contributed by atoms with E-state index < -0.39 is 0 Å². The molecule has 0 aliphatic heterocycles. The lowest BCUT2D eigenvalue weighted by molar-refractivity contribution is -0.123. The van der Waals surface area contributed by atoms with Crippen LogP contribution >= 0.6 is 0 Å². The minimum Gasteiger partial charge on any atom is -0.377 e. The molecule has 5 heteroatoms. The van der Waals surface area contributed by atoms with E-state index >= 15 is 0 Å². The minimum atomic E-state index is 0.0109. The molecule has 0 radical (unpaired) electrons. The first-order chi connectivity index (χ1) is 10.1. The number of unbranched alkanes of at least 4 members (excludes halogenated alkanes) is 4. The number of nitrogens with one attached hydrogen (secondary N) is 1. The fraction of sp³-hybridized carbons (Fsp3) is 0.812. The van der Waals surface area contributed by atoms with Crippen LogP contribution in [0.4, 0.5) is 0 Å². The van der Waals surface area contributed by atoms with Crippen molar-refractivity contribution in [2.24, 2.45) is 0 Å². The molecule has 0 aromatic rings. The summed E-state index contributed by atoms with van der Waals surface area (Å²) in [6, 6.07) is 0. The van der Waals surface area contributed by atoms with Crippen LogP contribution in [0, 0.1) is 0 Å². The zero-order valence-electron chi connectivity index (χ0n) is 13.4. The molecule has 0 bridgehead atoms. The zero-order chi connectivity index (χ0) is 15.9. The number of carbonyl (C=O) groups is 3. The van der Waals surface area contributed by atoms with Crippen LogP contribution in [0.1, 0.15) is 64.7 Å². The number of ether oxygens (including phenoxy) is 1. The van der Waals surface area contributed by atoms with Gasteiger partial charge in [-0.15, -0.1) is 0 Å². The van der Waals surface area contributed by atoms with Gasteiger partial charge in [0.2, 0.25) is 5.91 Å². The second-order valence-corrected chi connectivity index (χ2v) is 5.39. The van der Waals surface area contributed by atoms with Crippen molar-refractivity contribution in [1.82, 2.24) is 5.32 Å². The van der Waals surface area contributed by atoms with Crippen LogP contribution in [0.3, 0.4) is 0 Å². The van der Waals surface area contributed by atoms with Gasteiger partial charge in [0.15, 0.2) is 5.78 Å². The molecule has 0 saturated carbocycles. The molecule has 0 spiro atoms. The quantitative estimate of drug-likeness (QED) is 0.500. The van der Waals surface area contributed by atoms with E-state index in [0.29, 0.717) is 32.2 Å². The van der Waals surface area contributed by atoms with E-state index in [1.807, 2.05) is 0 Å². The Hall–Kier alpha value is -1.23. The summed E-state index contributed by atoms with van der Waals surface area (Å²) in [6.07, 6.45) is 7.25. The maximum absolute atomic E-state index is 11.5. The molecule has 0 aliphatic rings. The standard InChI is InChI=1S/C16H29NO4/c1-14(18)9-6-4-3-5-7-12-17-16(20)11-8-10-15(19)13-21-2/h3-13H2,1-2H3,(H,17,20). The maximum atomic E-state index is 11.5. The lowest BCUT2D eigenvalue weighted by Gasteiger charge is -2.05. The van der Waals surface area contributed by atoms with Gasteiger partial charge in [0.25, 0.3) is 0 Å². The van der Waals surface area contributed by atoms with E-state index in [1.165, 1.54) is 7.11 Å². The maximum Gasteiger partial charge on any atom is 0.220 e. The highest BCUT2D eigenvalue weighted by molar-refractivity contribution is 5.81. The van der Waals surface area contributed by atoms with Crippen molar-refractivity contribution in [3.8, 4) is 0 Å². The van der Waals surface area contributed by atoms with Crippen LogP contribution in [-0.2, 0) is 19.1 Å². The Morgan fingerprint density at radius 3 is 2.19 bits per heavy atom. The molecular formula is C16H29NO4. The fourth-order valence-electron chi connectivity index (χ4n) is 2.02. The number of Topliss-reactive ketones (excluding diaryl/α,β-unsaturated/α-hetero) is 2. The normalized spacial score (nSPS) is 10.4. The van der Waals surface area contributed by atoms with Gasteiger partial charge in [-0.25, -0.2) is 0 Å². The highest BCUT2D eigenvalue weighted by atomic mass is 16.5. The summed E-state index contributed by atoms with van der Waals surface area (Å²) in [4.78, 5) is 33.4. The van der Waals surface area contributed by atoms with Crippen LogP contribution < -0.4 is 5.32 Å². The van der Waals surface area contributed by atoms with Crippen LogP contribution in [-0.4, -0.2) is 37.7 Å². The second kappa shape index (κ2) is 13.7. The Kier molecular flexibility index (Phi) is 12.9. The molecule has 0 atom stereocenters. The number of ketones is 2. The predicted molar refractivity (Wildman–Crippen MR) is 82.1 cm³/mol. The van der Waals surface area contributed by atoms with Crippen molar-refractivity contribution >= 4 is 17.5 Å². The third-order valence-corrected chi connectivity index (χ3v) is 3.19. The summed E-state index contributed by atoms with van der Waals surface area (Å²) in [5, 5.41) is 2.86. The minimum absolute atomic E-state index is 0.0109. The van der Waals surface area contributed by atoms with E-state index in [-0.39, 0.29) is 24.1 Å². The molecule has 122 valence electrons. The van der Waals surface area contributed by atoms with Crippen LogP contribution in [0.5, 0.6) is 0 Å². The van der Waals surface area contributed by atoms with E-state index in [4.69, 9.17) is 4.74 Å². The summed E-state index contributed by atoms with van der Waals surface area (Å²) in [5.41, 5.74) is 0. The zero-order valence-corrected chi connectivity index (χ0v) is 13.4. The molecule has 0 saturated heterocycles. The van der Waals surface area contributed by atoms with Crippen molar-refractivity contribution in [2.45, 2.75) is 64.7 Å². The SMILES string of the molecule is COCC(=O)CCCC(=O)NCCCCCCCC(C)=O. The molecule has 0 aromatic carbocycles. The summed E-state index contributed by atoms with van der Waals surface area (Å²) in [6.45, 7) is 2.45. The Bertz CT molecular complexity index is 315. The van der Waals surface area contributed by atoms with Crippen LogP contribution in [0.25, 0.3) is 0 Å². The topological polar surface area (TPSA) is 72.5 Å². The Balaban J connectivity index is 3.30. The molecule has 0 rings (SSSR count). The molecule has 1 amide bonds. The average Bonchev–Trinajstić information content (AvgIpc) is 2.41. The van der Waals surface area contributed by atoms with Crippen molar-refractivity contribution in [3.05, 3.63) is 0 Å². The number of amides is 1. The van der Waals surface area contributed by atoms with Gasteiger partial charge in [-0.05, 0) is 26.2 Å². The molecule has 0 aromatic heterocycles. The van der Waals surface area contributed by atoms with E-state index in [1.54, 1.807) is 6.92 Å². The van der Waals surface area contributed by atoms with Gasteiger partial charge in [-0.1, -0.05) is 19.3 Å². The monoisotopic (exact) mass is 299 g/mol. The van der Waals surface area contributed by atoms with Gasteiger partial charge in [0, 0.05) is 32.9 Å². The van der Waals surface area contributed by atoms with Crippen molar-refractivity contribution in [1.29, 1.82) is 0 Å². The third kappa shape index (κ3) is 15.0. The molecule has 1 N–H and O–H groups in total. The molecular weight excluding hydrogens is 270 g/mol. The Morgan fingerprint density at radius 1 is 0.857 bits per heavy atom. The molecule has 5 nitrogen and oxygen atoms in total. The predicted octanol–water partition coefficient (Wildman–Crippen LogP) is 2.42. The largest absolute Gasteiger partial charge is 0.377 e. The van der Waals surface area contributed by atoms with Gasteiger partial charge < -0.3 is 14.8 Å². The first-order valence-corrected chi connectivity index (χ1v) is 7.83. The summed E-state index contributed by atoms with van der Waals surface area (Å²) >= 11 is 0. The Labute approximate surface area is 127 Å². The van der Waals surface area contributed by atoms with Gasteiger partial charge in [-0.3, -0.25) is 9.59 Å². The van der Waals surface area contributed by atoms with Crippen LogP contribution in [0.2, 0.25) is 0 Å². The molecule has 0 fully saturated rings. The van der Waals surface area contributed by atoms with Gasteiger partial charge in [0.1, 0.15) is 12.4 Å². The molecule has 21 heavy (non-hydrogen) atoms. The first kappa shape index (κ1) is 19.8. The third-order valence-electron chi connectivity index (χ3n) is 3.19. The number of hydrogen-bond donors (Lipinski definition) is 1. The van der Waals surface area contributed by atoms with Gasteiger partial charge in [-0.2, -0.15) is 0 Å². The average molecular weight is 299 g/mol. The highest BCUT2D eigenvalue weighted by Crippen LogP contribution is 2.05. The van der Waals surface area contributed by atoms with E-state index in [9.17, 15) is 14.4 Å². The fourth-order valence-corrected chi connectivity index (χ4v) is 2.02. The van der Waals surface area contributed by atoms with Crippen LogP contribution in [0.15, 0.2) is 0 Å². The second-order valence-electron chi connectivity index (χ2n) is 5.39. The van der Waals surface area contributed by atoms with Gasteiger partial charge in [0.05, 0.1) is 0 Å². The van der Waals surface area contributed by atoms with Crippen molar-refractivity contribution in [3.63, 3.8) is 0 Å². The lowest BCUT2D eigenvalue weighted by Crippen LogP contribution is -2.24. The first-order valence-electron chi connectivity index (χ1n) is 7.83. The molecule has 0 heterocycles. The van der Waals surface area contributed by atoms with Crippen molar-refractivity contribution in [2.75, 3.05) is 20.3 Å². The van der Waals surface area contributed by atoms with Gasteiger partial charge >= 0.3 is 0 Å². The highest BCUT2D eigenvalue weighted by Gasteiger charge is 2.04.